The first kappa shape index (κ1) is 18.0. The van der Waals surface area contributed by atoms with Gasteiger partial charge in [-0.15, -0.1) is 0 Å². The third kappa shape index (κ3) is 5.36. The topological polar surface area (TPSA) is 0 Å². The molecule has 0 nitrogen and oxygen atoms in total. The summed E-state index contributed by atoms with van der Waals surface area (Å²) in [5.41, 5.74) is 2.90. The molecule has 0 bridgehead atoms. The molecule has 0 N–H and O–H groups in total. The standard InChI is InChI=1S/C24H38/c1-19-7-11-21(12-8-19)5-3-4-6-22-13-17-24(18-14-22)23-15-9-20(2)10-16-23/h7-8,11-12,20,22-24H,3-6,9-10,13-18H2,1-2H3. The van der Waals surface area contributed by atoms with E-state index < -0.39 is 0 Å². The van der Waals surface area contributed by atoms with Crippen LogP contribution in [0.15, 0.2) is 24.3 Å². The summed E-state index contributed by atoms with van der Waals surface area (Å²) in [5, 5.41) is 0. The molecule has 2 aliphatic rings. The van der Waals surface area contributed by atoms with Crippen LogP contribution < -0.4 is 0 Å². The molecule has 2 aliphatic carbocycles. The molecule has 1 aromatic rings. The van der Waals surface area contributed by atoms with Crippen LogP contribution in [0.5, 0.6) is 0 Å². The van der Waals surface area contributed by atoms with Crippen molar-refractivity contribution in [2.75, 3.05) is 0 Å². The molecule has 0 saturated heterocycles. The van der Waals surface area contributed by atoms with Crippen molar-refractivity contribution in [3.8, 4) is 0 Å². The summed E-state index contributed by atoms with van der Waals surface area (Å²) < 4.78 is 0. The minimum absolute atomic E-state index is 1.01. The van der Waals surface area contributed by atoms with Crippen LogP contribution in [0.2, 0.25) is 0 Å². The fourth-order valence-electron chi connectivity index (χ4n) is 5.22. The Kier molecular flexibility index (Phi) is 6.81. The van der Waals surface area contributed by atoms with Gasteiger partial charge in [-0.2, -0.15) is 0 Å². The normalized spacial score (nSPS) is 31.1. The second-order valence-corrected chi connectivity index (χ2v) is 9.03. The van der Waals surface area contributed by atoms with Crippen LogP contribution in [0.4, 0.5) is 0 Å². The van der Waals surface area contributed by atoms with Crippen molar-refractivity contribution >= 4 is 0 Å². The van der Waals surface area contributed by atoms with Gasteiger partial charge in [0, 0.05) is 0 Å². The van der Waals surface area contributed by atoms with Gasteiger partial charge in [-0.25, -0.2) is 0 Å². The summed E-state index contributed by atoms with van der Waals surface area (Å²) in [6, 6.07) is 9.13. The van der Waals surface area contributed by atoms with E-state index in [0.29, 0.717) is 0 Å². The van der Waals surface area contributed by atoms with E-state index in [2.05, 4.69) is 38.1 Å². The molecule has 0 radical (unpaired) electrons. The average Bonchev–Trinajstić information content (AvgIpc) is 2.62. The van der Waals surface area contributed by atoms with E-state index in [-0.39, 0.29) is 0 Å². The molecule has 3 rings (SSSR count). The van der Waals surface area contributed by atoms with Crippen LogP contribution in [-0.4, -0.2) is 0 Å². The van der Waals surface area contributed by atoms with Gasteiger partial charge in [-0.3, -0.25) is 0 Å². The van der Waals surface area contributed by atoms with Crippen molar-refractivity contribution < 1.29 is 0 Å². The van der Waals surface area contributed by atoms with Crippen LogP contribution in [0.25, 0.3) is 0 Å². The molecule has 0 unspecified atom stereocenters. The highest BCUT2D eigenvalue weighted by Crippen LogP contribution is 2.42. The first-order valence-electron chi connectivity index (χ1n) is 10.8. The first-order chi connectivity index (χ1) is 11.7. The summed E-state index contributed by atoms with van der Waals surface area (Å²) >= 11 is 0. The van der Waals surface area contributed by atoms with Gasteiger partial charge in [0.1, 0.15) is 0 Å². The summed E-state index contributed by atoms with van der Waals surface area (Å²) in [6.07, 6.45) is 17.8. The van der Waals surface area contributed by atoms with Crippen LogP contribution in [0, 0.1) is 30.6 Å². The quantitative estimate of drug-likeness (QED) is 0.480. The van der Waals surface area contributed by atoms with Crippen molar-refractivity contribution in [2.24, 2.45) is 23.7 Å². The summed E-state index contributed by atoms with van der Waals surface area (Å²) in [4.78, 5) is 0. The fraction of sp³-hybridized carbons (Fsp3) is 0.750. The molecule has 0 aliphatic heterocycles. The Hall–Kier alpha value is -0.780. The van der Waals surface area contributed by atoms with Gasteiger partial charge in [0.25, 0.3) is 0 Å². The van der Waals surface area contributed by atoms with Gasteiger partial charge in [0.05, 0.1) is 0 Å². The molecule has 0 spiro atoms. The third-order valence-corrected chi connectivity index (χ3v) is 7.07. The lowest BCUT2D eigenvalue weighted by Gasteiger charge is -2.37. The number of unbranched alkanes of at least 4 members (excludes halogenated alkanes) is 1. The highest BCUT2D eigenvalue weighted by atomic mass is 14.3. The van der Waals surface area contributed by atoms with Crippen molar-refractivity contribution in [3.63, 3.8) is 0 Å². The van der Waals surface area contributed by atoms with Gasteiger partial charge >= 0.3 is 0 Å². The largest absolute Gasteiger partial charge is 0.0625 e. The zero-order valence-corrected chi connectivity index (χ0v) is 16.1. The first-order valence-corrected chi connectivity index (χ1v) is 10.8. The van der Waals surface area contributed by atoms with Crippen molar-refractivity contribution in [1.82, 2.24) is 0 Å². The Morgan fingerprint density at radius 1 is 0.750 bits per heavy atom. The summed E-state index contributed by atoms with van der Waals surface area (Å²) in [7, 11) is 0. The second-order valence-electron chi connectivity index (χ2n) is 9.03. The van der Waals surface area contributed by atoms with Gasteiger partial charge in [0.15, 0.2) is 0 Å². The maximum atomic E-state index is 2.45. The lowest BCUT2D eigenvalue weighted by atomic mass is 9.69. The SMILES string of the molecule is Cc1ccc(CCCCC2CCC(C3CCC(C)CC3)CC2)cc1. The molecule has 0 heterocycles. The Morgan fingerprint density at radius 3 is 1.96 bits per heavy atom. The van der Waals surface area contributed by atoms with Crippen molar-refractivity contribution in [3.05, 3.63) is 35.4 Å². The van der Waals surface area contributed by atoms with E-state index in [1.54, 1.807) is 12.8 Å². The van der Waals surface area contributed by atoms with E-state index in [1.807, 2.05) is 0 Å². The molecule has 2 fully saturated rings. The Balaban J connectivity index is 1.29. The molecule has 0 heteroatoms. The van der Waals surface area contributed by atoms with Crippen LogP contribution >= 0.6 is 0 Å². The summed E-state index contributed by atoms with van der Waals surface area (Å²) in [5.74, 6) is 4.22. The molecule has 1 aromatic carbocycles. The molecule has 24 heavy (non-hydrogen) atoms. The lowest BCUT2D eigenvalue weighted by Crippen LogP contribution is -2.25. The van der Waals surface area contributed by atoms with Crippen LogP contribution in [-0.2, 0) is 6.42 Å². The highest BCUT2D eigenvalue weighted by Gasteiger charge is 2.29. The summed E-state index contributed by atoms with van der Waals surface area (Å²) in [6.45, 7) is 4.62. The molecule has 2 saturated carbocycles. The number of benzene rings is 1. The monoisotopic (exact) mass is 326 g/mol. The predicted octanol–water partition coefficient (Wildman–Crippen LogP) is 7.34. The van der Waals surface area contributed by atoms with Gasteiger partial charge in [-0.1, -0.05) is 75.3 Å². The average molecular weight is 327 g/mol. The number of hydrogen-bond donors (Lipinski definition) is 0. The molecule has 0 aromatic heterocycles. The second kappa shape index (κ2) is 9.07. The van der Waals surface area contributed by atoms with Gasteiger partial charge in [0.2, 0.25) is 0 Å². The minimum Gasteiger partial charge on any atom is -0.0625 e. The highest BCUT2D eigenvalue weighted by molar-refractivity contribution is 5.21. The minimum atomic E-state index is 1.01. The fourth-order valence-corrected chi connectivity index (χ4v) is 5.22. The predicted molar refractivity (Wildman–Crippen MR) is 105 cm³/mol. The maximum Gasteiger partial charge on any atom is -0.0279 e. The van der Waals surface area contributed by atoms with Crippen molar-refractivity contribution in [1.29, 1.82) is 0 Å². The third-order valence-electron chi connectivity index (χ3n) is 7.07. The molecule has 134 valence electrons. The van der Waals surface area contributed by atoms with E-state index in [1.165, 1.54) is 75.3 Å². The molecule has 0 atom stereocenters. The Bertz CT molecular complexity index is 455. The zero-order valence-electron chi connectivity index (χ0n) is 16.1. The zero-order chi connectivity index (χ0) is 16.8. The van der Waals surface area contributed by atoms with Crippen LogP contribution in [0.3, 0.4) is 0 Å². The van der Waals surface area contributed by atoms with E-state index in [0.717, 1.165) is 23.7 Å². The molecular formula is C24H38. The van der Waals surface area contributed by atoms with Crippen molar-refractivity contribution in [2.45, 2.75) is 90.9 Å². The van der Waals surface area contributed by atoms with Gasteiger partial charge in [-0.05, 0) is 74.7 Å². The van der Waals surface area contributed by atoms with Crippen LogP contribution in [0.1, 0.15) is 88.7 Å². The number of aryl methyl sites for hydroxylation is 2. The molecule has 0 amide bonds. The number of rotatable bonds is 6. The van der Waals surface area contributed by atoms with Gasteiger partial charge < -0.3 is 0 Å². The molecular weight excluding hydrogens is 288 g/mol. The lowest BCUT2D eigenvalue weighted by molar-refractivity contribution is 0.146. The number of hydrogen-bond acceptors (Lipinski definition) is 0. The maximum absolute atomic E-state index is 2.45. The van der Waals surface area contributed by atoms with E-state index in [4.69, 9.17) is 0 Å². The Labute approximate surface area is 150 Å². The van der Waals surface area contributed by atoms with E-state index >= 15 is 0 Å². The smallest absolute Gasteiger partial charge is 0.0279 e. The van der Waals surface area contributed by atoms with E-state index in [9.17, 15) is 0 Å². The Morgan fingerprint density at radius 2 is 1.33 bits per heavy atom.